The number of rotatable bonds is 11. The normalized spacial score (nSPS) is 44.3. The minimum absolute atomic E-state index is 0.0111. The number of amides is 1. The molecule has 5 aliphatic rings. The lowest BCUT2D eigenvalue weighted by Gasteiger charge is -2.59. The number of aliphatic hydroxyl groups is 4. The maximum atomic E-state index is 12.2. The van der Waals surface area contributed by atoms with E-state index in [0.717, 1.165) is 64.2 Å². The van der Waals surface area contributed by atoms with E-state index in [1.165, 1.54) is 19.4 Å². The Morgan fingerprint density at radius 2 is 1.83 bits per heavy atom. The smallest absolute Gasteiger partial charge is 0.302 e. The van der Waals surface area contributed by atoms with Gasteiger partial charge in [-0.3, -0.25) is 9.59 Å². The summed E-state index contributed by atoms with van der Waals surface area (Å²) in [7, 11) is 0. The van der Waals surface area contributed by atoms with Gasteiger partial charge in [-0.15, -0.1) is 0 Å². The van der Waals surface area contributed by atoms with E-state index in [0.29, 0.717) is 36.2 Å². The maximum Gasteiger partial charge on any atom is 0.302 e. The Kier molecular flexibility index (Phi) is 11.5. The zero-order valence-corrected chi connectivity index (χ0v) is 29.4. The second kappa shape index (κ2) is 14.7. The molecule has 0 aromatic carbocycles. The highest BCUT2D eigenvalue weighted by Crippen LogP contribution is 2.68. The van der Waals surface area contributed by atoms with Crippen LogP contribution in [0.25, 0.3) is 0 Å². The number of carbonyl (C=O) groups is 2. The van der Waals surface area contributed by atoms with E-state index in [2.05, 4.69) is 39.1 Å². The molecule has 0 bridgehead atoms. The van der Waals surface area contributed by atoms with Gasteiger partial charge in [0.1, 0.15) is 24.4 Å². The van der Waals surface area contributed by atoms with E-state index >= 15 is 0 Å². The molecule has 10 nitrogen and oxygen atoms in total. The monoisotopic (exact) mass is 663 g/mol. The number of aliphatic hydroxyl groups excluding tert-OH is 4. The first-order valence-electron chi connectivity index (χ1n) is 18.3. The van der Waals surface area contributed by atoms with Crippen molar-refractivity contribution in [1.29, 1.82) is 0 Å². The van der Waals surface area contributed by atoms with Crippen molar-refractivity contribution in [3.8, 4) is 0 Å². The zero-order chi connectivity index (χ0) is 34.3. The van der Waals surface area contributed by atoms with Crippen LogP contribution in [-0.2, 0) is 23.8 Å². The average molecular weight is 664 g/mol. The molecule has 4 fully saturated rings. The standard InChI is InChI=1S/C37H61NO9/c1-20(19-45-23(4)41)8-7-9-21(2)28-17-29(46-35-32(38-22(3)40)34(44)33(43)30(18-39)47-35)31-26-11-10-24-16-25(42)12-14-36(24,5)27(26)13-15-37(28,31)6/h10,20-21,25-35,39,42-44H,7-9,11-19H2,1-6H3,(H,38,40). The van der Waals surface area contributed by atoms with Crippen LogP contribution in [0.3, 0.4) is 0 Å². The van der Waals surface area contributed by atoms with Crippen molar-refractivity contribution in [1.82, 2.24) is 5.32 Å². The SMILES string of the molecule is CC(=O)NC1C(OC2CC(C(C)CCCC(C)COC(C)=O)C3(C)CCC4C(CC=C5CC(O)CCC54C)C23)OC(CO)C(O)C1O. The summed E-state index contributed by atoms with van der Waals surface area (Å²) in [5.74, 6) is 1.60. The van der Waals surface area contributed by atoms with Crippen LogP contribution < -0.4 is 5.32 Å². The minimum Gasteiger partial charge on any atom is -0.466 e. The van der Waals surface area contributed by atoms with Crippen LogP contribution in [0, 0.1) is 46.3 Å². The molecule has 0 spiro atoms. The molecule has 0 aromatic rings. The molecule has 268 valence electrons. The van der Waals surface area contributed by atoms with E-state index in [1.807, 2.05) is 0 Å². The van der Waals surface area contributed by atoms with Gasteiger partial charge in [-0.25, -0.2) is 0 Å². The summed E-state index contributed by atoms with van der Waals surface area (Å²) in [6, 6.07) is -0.971. The summed E-state index contributed by atoms with van der Waals surface area (Å²) in [5.41, 5.74) is 1.48. The third kappa shape index (κ3) is 7.34. The molecule has 15 unspecified atom stereocenters. The van der Waals surface area contributed by atoms with Gasteiger partial charge < -0.3 is 40.0 Å². The van der Waals surface area contributed by atoms with E-state index in [9.17, 15) is 30.0 Å². The van der Waals surface area contributed by atoms with Crippen LogP contribution >= 0.6 is 0 Å². The highest BCUT2D eigenvalue weighted by molar-refractivity contribution is 5.73. The summed E-state index contributed by atoms with van der Waals surface area (Å²) in [4.78, 5) is 23.5. The fourth-order valence-corrected chi connectivity index (χ4v) is 10.8. The highest BCUT2D eigenvalue weighted by Gasteiger charge is 2.63. The predicted molar refractivity (Wildman–Crippen MR) is 176 cm³/mol. The quantitative estimate of drug-likeness (QED) is 0.164. The van der Waals surface area contributed by atoms with Gasteiger partial charge in [0, 0.05) is 13.8 Å². The van der Waals surface area contributed by atoms with Gasteiger partial charge in [0.2, 0.25) is 5.91 Å². The molecule has 0 aromatic heterocycles. The number of nitrogens with one attached hydrogen (secondary N) is 1. The van der Waals surface area contributed by atoms with Gasteiger partial charge in [-0.1, -0.05) is 52.2 Å². The lowest BCUT2D eigenvalue weighted by Crippen LogP contribution is -2.65. The number of esters is 1. The Morgan fingerprint density at radius 3 is 2.51 bits per heavy atom. The molecule has 47 heavy (non-hydrogen) atoms. The molecule has 0 radical (unpaired) electrons. The van der Waals surface area contributed by atoms with Crippen molar-refractivity contribution < 1.29 is 44.2 Å². The molecule has 1 aliphatic heterocycles. The Morgan fingerprint density at radius 1 is 1.09 bits per heavy atom. The highest BCUT2D eigenvalue weighted by atomic mass is 16.7. The van der Waals surface area contributed by atoms with Gasteiger partial charge in [0.15, 0.2) is 6.29 Å². The number of hydrogen-bond acceptors (Lipinski definition) is 9. The number of fused-ring (bicyclic) bond motifs is 5. The van der Waals surface area contributed by atoms with Gasteiger partial charge in [-0.2, -0.15) is 0 Å². The van der Waals surface area contributed by atoms with Crippen molar-refractivity contribution in [3.63, 3.8) is 0 Å². The molecule has 15 atom stereocenters. The summed E-state index contributed by atoms with van der Waals surface area (Å²) < 4.78 is 18.3. The summed E-state index contributed by atoms with van der Waals surface area (Å²) >= 11 is 0. The van der Waals surface area contributed by atoms with Crippen LogP contribution in [-0.4, -0.2) is 88.4 Å². The molecule has 3 saturated carbocycles. The Labute approximate surface area is 281 Å². The lowest BCUT2D eigenvalue weighted by atomic mass is 9.46. The second-order valence-corrected chi connectivity index (χ2v) is 16.4. The maximum absolute atomic E-state index is 12.2. The van der Waals surface area contributed by atoms with E-state index < -0.39 is 37.3 Å². The molecule has 4 aliphatic carbocycles. The molecule has 5 rings (SSSR count). The van der Waals surface area contributed by atoms with Crippen molar-refractivity contribution in [2.24, 2.45) is 46.3 Å². The number of hydrogen-bond donors (Lipinski definition) is 5. The van der Waals surface area contributed by atoms with Crippen molar-refractivity contribution in [3.05, 3.63) is 11.6 Å². The first-order chi connectivity index (χ1) is 22.2. The van der Waals surface area contributed by atoms with E-state index in [4.69, 9.17) is 14.2 Å². The van der Waals surface area contributed by atoms with E-state index in [1.54, 1.807) is 0 Å². The van der Waals surface area contributed by atoms with Gasteiger partial charge in [0.05, 0.1) is 25.4 Å². The van der Waals surface area contributed by atoms with Crippen LogP contribution in [0.4, 0.5) is 0 Å². The molecule has 1 amide bonds. The van der Waals surface area contributed by atoms with Crippen LogP contribution in [0.1, 0.15) is 106 Å². The van der Waals surface area contributed by atoms with E-state index in [-0.39, 0.29) is 40.8 Å². The largest absolute Gasteiger partial charge is 0.466 e. The summed E-state index contributed by atoms with van der Waals surface area (Å²) in [6.07, 6.45) is 6.86. The Bertz CT molecular complexity index is 1150. The van der Waals surface area contributed by atoms with Crippen LogP contribution in [0.15, 0.2) is 11.6 Å². The molecular weight excluding hydrogens is 602 g/mol. The average Bonchev–Trinajstić information content (AvgIpc) is 3.31. The number of carbonyl (C=O) groups excluding carboxylic acids is 2. The van der Waals surface area contributed by atoms with Crippen molar-refractivity contribution in [2.75, 3.05) is 13.2 Å². The minimum atomic E-state index is -1.36. The number of ether oxygens (including phenoxy) is 3. The predicted octanol–water partition coefficient (Wildman–Crippen LogP) is 3.87. The molecule has 10 heteroatoms. The Hall–Kier alpha value is -1.56. The third-order valence-corrected chi connectivity index (χ3v) is 13.3. The fourth-order valence-electron chi connectivity index (χ4n) is 10.8. The first-order valence-corrected chi connectivity index (χ1v) is 18.3. The Balaban J connectivity index is 1.41. The first kappa shape index (κ1) is 36.7. The topological polar surface area (TPSA) is 155 Å². The van der Waals surface area contributed by atoms with Crippen LogP contribution in [0.5, 0.6) is 0 Å². The van der Waals surface area contributed by atoms with Crippen molar-refractivity contribution >= 4 is 11.9 Å². The van der Waals surface area contributed by atoms with Gasteiger partial charge in [-0.05, 0) is 97.7 Å². The number of allylic oxidation sites excluding steroid dienone is 1. The summed E-state index contributed by atoms with van der Waals surface area (Å²) in [5, 5.41) is 44.9. The van der Waals surface area contributed by atoms with Gasteiger partial charge >= 0.3 is 5.97 Å². The van der Waals surface area contributed by atoms with Crippen molar-refractivity contribution in [2.45, 2.75) is 149 Å². The molecule has 1 heterocycles. The van der Waals surface area contributed by atoms with Gasteiger partial charge in [0.25, 0.3) is 0 Å². The molecular formula is C37H61NO9. The lowest BCUT2D eigenvalue weighted by molar-refractivity contribution is -0.289. The summed E-state index contributed by atoms with van der Waals surface area (Å²) in [6.45, 7) is 12.1. The van der Waals surface area contributed by atoms with Crippen LogP contribution in [0.2, 0.25) is 0 Å². The molecule has 5 N–H and O–H groups in total. The third-order valence-electron chi connectivity index (χ3n) is 13.3. The zero-order valence-electron chi connectivity index (χ0n) is 29.4. The molecule has 1 saturated heterocycles. The second-order valence-electron chi connectivity index (χ2n) is 16.4. The fraction of sp³-hybridized carbons (Fsp3) is 0.892.